The molecule has 0 radical (unpaired) electrons. The number of halogens is 1. The molecule has 2 aromatic rings. The van der Waals surface area contributed by atoms with Crippen molar-refractivity contribution in [2.75, 3.05) is 0 Å². The first-order chi connectivity index (χ1) is 9.06. The number of nitrogens with two attached hydrogens (primary N) is 1. The molecule has 1 unspecified atom stereocenters. The highest BCUT2D eigenvalue weighted by molar-refractivity contribution is 9.10. The predicted molar refractivity (Wildman–Crippen MR) is 82.4 cm³/mol. The number of hydrogen-bond donors (Lipinski definition) is 1. The highest BCUT2D eigenvalue weighted by Crippen LogP contribution is 2.24. The lowest BCUT2D eigenvalue weighted by molar-refractivity contribution is 0.242. The molecule has 0 saturated carbocycles. The van der Waals surface area contributed by atoms with Crippen molar-refractivity contribution in [3.8, 4) is 5.75 Å². The van der Waals surface area contributed by atoms with Gasteiger partial charge in [-0.2, -0.15) is 0 Å². The van der Waals surface area contributed by atoms with Crippen molar-refractivity contribution < 1.29 is 4.74 Å². The Labute approximate surface area is 122 Å². The van der Waals surface area contributed by atoms with Gasteiger partial charge in [0.25, 0.3) is 0 Å². The maximum absolute atomic E-state index is 6.30. The minimum absolute atomic E-state index is 0.135. The van der Waals surface area contributed by atoms with Gasteiger partial charge in [0.05, 0.1) is 12.1 Å². The summed E-state index contributed by atoms with van der Waals surface area (Å²) in [5.41, 5.74) is 8.44. The first-order valence-corrected chi connectivity index (χ1v) is 7.13. The van der Waals surface area contributed by atoms with Crippen LogP contribution in [0.3, 0.4) is 0 Å². The molecule has 1 atom stereocenters. The summed E-state index contributed by atoms with van der Waals surface area (Å²) >= 11 is 3.43. The summed E-state index contributed by atoms with van der Waals surface area (Å²) in [6.07, 6.45) is 0.166. The van der Waals surface area contributed by atoms with Gasteiger partial charge in [0.1, 0.15) is 5.75 Å². The Balaban J connectivity index is 2.23. The van der Waals surface area contributed by atoms with Gasteiger partial charge >= 0.3 is 0 Å². The first kappa shape index (κ1) is 14.1. The summed E-state index contributed by atoms with van der Waals surface area (Å²) in [4.78, 5) is 0. The van der Waals surface area contributed by atoms with Crippen LogP contribution < -0.4 is 10.5 Å². The van der Waals surface area contributed by atoms with Gasteiger partial charge < -0.3 is 10.5 Å². The summed E-state index contributed by atoms with van der Waals surface area (Å²) in [6, 6.07) is 15.9. The molecule has 0 bridgehead atoms. The molecular formula is C16H18BrNO. The van der Waals surface area contributed by atoms with Gasteiger partial charge in [-0.05, 0) is 49.2 Å². The summed E-state index contributed by atoms with van der Waals surface area (Å²) in [5.74, 6) is 0.861. The van der Waals surface area contributed by atoms with Crippen LogP contribution in [0.2, 0.25) is 0 Å². The van der Waals surface area contributed by atoms with Crippen LogP contribution in [0.5, 0.6) is 5.75 Å². The Bertz CT molecular complexity index is 537. The molecule has 100 valence electrons. The molecule has 0 spiro atoms. The van der Waals surface area contributed by atoms with Crippen molar-refractivity contribution in [1.29, 1.82) is 0 Å². The SMILES string of the molecule is CC(C)Oc1cccc(C(N)c2ccc(Br)cc2)c1. The van der Waals surface area contributed by atoms with Crippen LogP contribution in [0, 0.1) is 0 Å². The summed E-state index contributed by atoms with van der Waals surface area (Å²) in [7, 11) is 0. The Morgan fingerprint density at radius 1 is 1.00 bits per heavy atom. The first-order valence-electron chi connectivity index (χ1n) is 6.34. The van der Waals surface area contributed by atoms with Crippen molar-refractivity contribution in [2.24, 2.45) is 5.73 Å². The number of ether oxygens (including phenoxy) is 1. The van der Waals surface area contributed by atoms with Crippen LogP contribution in [-0.2, 0) is 0 Å². The highest BCUT2D eigenvalue weighted by atomic mass is 79.9. The highest BCUT2D eigenvalue weighted by Gasteiger charge is 2.10. The molecular weight excluding hydrogens is 302 g/mol. The summed E-state index contributed by atoms with van der Waals surface area (Å²) in [6.45, 7) is 4.03. The minimum atomic E-state index is -0.135. The van der Waals surface area contributed by atoms with Crippen molar-refractivity contribution >= 4 is 15.9 Å². The van der Waals surface area contributed by atoms with Crippen molar-refractivity contribution in [3.05, 3.63) is 64.1 Å². The van der Waals surface area contributed by atoms with Crippen LogP contribution in [0.25, 0.3) is 0 Å². The normalized spacial score (nSPS) is 12.5. The second-order valence-electron chi connectivity index (χ2n) is 4.77. The molecule has 0 fully saturated rings. The minimum Gasteiger partial charge on any atom is -0.491 e. The van der Waals surface area contributed by atoms with Crippen molar-refractivity contribution in [3.63, 3.8) is 0 Å². The number of hydrogen-bond acceptors (Lipinski definition) is 2. The fraction of sp³-hybridized carbons (Fsp3) is 0.250. The zero-order chi connectivity index (χ0) is 13.8. The van der Waals surface area contributed by atoms with E-state index in [2.05, 4.69) is 15.9 Å². The van der Waals surface area contributed by atoms with Crippen LogP contribution >= 0.6 is 15.9 Å². The molecule has 0 aliphatic heterocycles. The molecule has 3 heteroatoms. The zero-order valence-electron chi connectivity index (χ0n) is 11.1. The van der Waals surface area contributed by atoms with Gasteiger partial charge in [-0.25, -0.2) is 0 Å². The average molecular weight is 320 g/mol. The second kappa shape index (κ2) is 6.22. The summed E-state index contributed by atoms with van der Waals surface area (Å²) < 4.78 is 6.75. The molecule has 0 saturated heterocycles. The van der Waals surface area contributed by atoms with Crippen molar-refractivity contribution in [2.45, 2.75) is 26.0 Å². The third-order valence-corrected chi connectivity index (χ3v) is 3.35. The van der Waals surface area contributed by atoms with Crippen LogP contribution in [-0.4, -0.2) is 6.10 Å². The fourth-order valence-electron chi connectivity index (χ4n) is 1.92. The van der Waals surface area contributed by atoms with Crippen LogP contribution in [0.4, 0.5) is 0 Å². The van der Waals surface area contributed by atoms with Gasteiger partial charge in [-0.1, -0.05) is 40.2 Å². The molecule has 2 aromatic carbocycles. The standard InChI is InChI=1S/C16H18BrNO/c1-11(2)19-15-5-3-4-13(10-15)16(18)12-6-8-14(17)9-7-12/h3-11,16H,18H2,1-2H3. The second-order valence-corrected chi connectivity index (χ2v) is 5.68. The Morgan fingerprint density at radius 2 is 1.68 bits per heavy atom. The topological polar surface area (TPSA) is 35.2 Å². The monoisotopic (exact) mass is 319 g/mol. The predicted octanol–water partition coefficient (Wildman–Crippen LogP) is 4.28. The van der Waals surface area contributed by atoms with E-state index in [-0.39, 0.29) is 12.1 Å². The maximum atomic E-state index is 6.30. The quantitative estimate of drug-likeness (QED) is 0.912. The third kappa shape index (κ3) is 3.82. The molecule has 0 amide bonds. The van der Waals surface area contributed by atoms with E-state index in [1.165, 1.54) is 0 Å². The average Bonchev–Trinajstić information content (AvgIpc) is 2.38. The van der Waals surface area contributed by atoms with Gasteiger partial charge in [0.15, 0.2) is 0 Å². The number of benzene rings is 2. The third-order valence-electron chi connectivity index (χ3n) is 2.82. The fourth-order valence-corrected chi connectivity index (χ4v) is 2.18. The molecule has 0 heterocycles. The Morgan fingerprint density at radius 3 is 2.32 bits per heavy atom. The lowest BCUT2D eigenvalue weighted by Gasteiger charge is -2.15. The molecule has 2 rings (SSSR count). The zero-order valence-corrected chi connectivity index (χ0v) is 12.7. The molecule has 0 aliphatic carbocycles. The molecule has 0 aliphatic rings. The lowest BCUT2D eigenvalue weighted by Crippen LogP contribution is -2.12. The van der Waals surface area contributed by atoms with E-state index in [4.69, 9.17) is 10.5 Å². The van der Waals surface area contributed by atoms with E-state index in [0.717, 1.165) is 21.3 Å². The van der Waals surface area contributed by atoms with E-state index >= 15 is 0 Å². The van der Waals surface area contributed by atoms with E-state index in [9.17, 15) is 0 Å². The van der Waals surface area contributed by atoms with E-state index in [1.54, 1.807) is 0 Å². The van der Waals surface area contributed by atoms with Gasteiger partial charge in [0, 0.05) is 4.47 Å². The Hall–Kier alpha value is -1.32. The largest absolute Gasteiger partial charge is 0.491 e. The maximum Gasteiger partial charge on any atom is 0.120 e. The van der Waals surface area contributed by atoms with E-state index in [1.807, 2.05) is 62.4 Å². The van der Waals surface area contributed by atoms with E-state index < -0.39 is 0 Å². The smallest absolute Gasteiger partial charge is 0.120 e. The summed E-state index contributed by atoms with van der Waals surface area (Å²) in [5, 5.41) is 0. The van der Waals surface area contributed by atoms with Crippen molar-refractivity contribution in [1.82, 2.24) is 0 Å². The van der Waals surface area contributed by atoms with Crippen LogP contribution in [0.1, 0.15) is 31.0 Å². The molecule has 2 nitrogen and oxygen atoms in total. The van der Waals surface area contributed by atoms with Gasteiger partial charge in [-0.3, -0.25) is 0 Å². The lowest BCUT2D eigenvalue weighted by atomic mass is 9.99. The van der Waals surface area contributed by atoms with Crippen LogP contribution in [0.15, 0.2) is 53.0 Å². The number of rotatable bonds is 4. The molecule has 19 heavy (non-hydrogen) atoms. The molecule has 2 N–H and O–H groups in total. The van der Waals surface area contributed by atoms with E-state index in [0.29, 0.717) is 0 Å². The molecule has 0 aromatic heterocycles. The van der Waals surface area contributed by atoms with Gasteiger partial charge in [-0.15, -0.1) is 0 Å². The van der Waals surface area contributed by atoms with Gasteiger partial charge in [0.2, 0.25) is 0 Å². The Kier molecular flexibility index (Phi) is 4.61.